The van der Waals surface area contributed by atoms with E-state index in [0.29, 0.717) is 12.8 Å². The van der Waals surface area contributed by atoms with Gasteiger partial charge in [-0.2, -0.15) is 0 Å². The third-order valence-electron chi connectivity index (χ3n) is 11.3. The van der Waals surface area contributed by atoms with Crippen LogP contribution in [0.5, 0.6) is 11.5 Å². The van der Waals surface area contributed by atoms with E-state index in [1.165, 1.54) is 16.7 Å². The monoisotopic (exact) mass is 513 g/mol. The molecule has 38 heavy (non-hydrogen) atoms. The van der Waals surface area contributed by atoms with E-state index < -0.39 is 5.60 Å². The van der Waals surface area contributed by atoms with Crippen molar-refractivity contribution in [1.82, 2.24) is 4.90 Å². The maximum Gasteiger partial charge on any atom is 0.166 e. The van der Waals surface area contributed by atoms with Crippen LogP contribution in [0.3, 0.4) is 0 Å². The van der Waals surface area contributed by atoms with Crippen molar-refractivity contribution >= 4 is 0 Å². The Labute approximate surface area is 226 Å². The Morgan fingerprint density at radius 3 is 2.79 bits per heavy atom. The fourth-order valence-electron chi connectivity index (χ4n) is 9.63. The molecular formula is C33H39NO4. The molecule has 3 spiro atoms. The number of hydrogen-bond acceptors (Lipinski definition) is 5. The molecule has 7 atom stereocenters. The van der Waals surface area contributed by atoms with Crippen molar-refractivity contribution in [3.8, 4) is 11.5 Å². The van der Waals surface area contributed by atoms with E-state index in [9.17, 15) is 0 Å². The number of rotatable bonds is 6. The molecule has 3 fully saturated rings. The maximum absolute atomic E-state index is 7.23. The van der Waals surface area contributed by atoms with Gasteiger partial charge in [-0.25, -0.2) is 0 Å². The van der Waals surface area contributed by atoms with E-state index in [0.717, 1.165) is 63.2 Å². The van der Waals surface area contributed by atoms with Gasteiger partial charge in [0.25, 0.3) is 0 Å². The number of benzene rings is 2. The summed E-state index contributed by atoms with van der Waals surface area (Å²) < 4.78 is 27.0. The average molecular weight is 514 g/mol. The van der Waals surface area contributed by atoms with Gasteiger partial charge in [-0.1, -0.05) is 61.9 Å². The summed E-state index contributed by atoms with van der Waals surface area (Å²) in [6.07, 6.45) is 11.1. The highest BCUT2D eigenvalue weighted by Crippen LogP contribution is 2.76. The predicted octanol–water partition coefficient (Wildman–Crippen LogP) is 5.45. The van der Waals surface area contributed by atoms with Crippen LogP contribution in [0.2, 0.25) is 0 Å². The Balaban J connectivity index is 1.30. The van der Waals surface area contributed by atoms with Crippen molar-refractivity contribution in [1.29, 1.82) is 0 Å². The molecule has 1 saturated carbocycles. The standard InChI is InChI=1S/C33H39NO4/c1-4-5-17-35-24-12-11-23-18-26-31-13-14-33(29-32(31,15-16-34(26)3)27(23)28(24)38-29)25(20-31)30(2,36-21-37-33)19-22-9-7-6-8-10-22/h6-14,25-26,29H,4-5,15-21H2,1-3H3/t25-,26-,29-,30-,31-,32+,33-/m1/s1. The molecule has 200 valence electrons. The van der Waals surface area contributed by atoms with Crippen LogP contribution < -0.4 is 9.47 Å². The SMILES string of the molecule is CCCCOc1ccc2c3c1O[C@H]1[C@@]45C=C[C@@]6(C[C@@H]4[C@@](C)(Cc4ccccc4)OCO5)[C@@H](C2)N(C)CC[C@]316. The molecule has 4 aliphatic carbocycles. The lowest BCUT2D eigenvalue weighted by atomic mass is 9.36. The Hall–Kier alpha value is -2.34. The van der Waals surface area contributed by atoms with Gasteiger partial charge < -0.3 is 23.8 Å². The molecule has 3 heterocycles. The Bertz CT molecular complexity index is 1310. The zero-order chi connectivity index (χ0) is 25.8. The first kappa shape index (κ1) is 23.5. The van der Waals surface area contributed by atoms with Crippen LogP contribution in [-0.4, -0.2) is 55.2 Å². The number of nitrogens with zero attached hydrogens (tertiary/aromatic N) is 1. The first-order chi connectivity index (χ1) is 18.5. The second-order valence-electron chi connectivity index (χ2n) is 12.9. The minimum Gasteiger partial charge on any atom is -0.490 e. The Kier molecular flexibility index (Phi) is 4.87. The zero-order valence-corrected chi connectivity index (χ0v) is 22.9. The van der Waals surface area contributed by atoms with Crippen molar-refractivity contribution in [2.45, 2.75) is 81.1 Å². The predicted molar refractivity (Wildman–Crippen MR) is 146 cm³/mol. The largest absolute Gasteiger partial charge is 0.490 e. The quantitative estimate of drug-likeness (QED) is 0.380. The number of ether oxygens (including phenoxy) is 4. The third kappa shape index (κ3) is 2.68. The number of hydrogen-bond donors (Lipinski definition) is 0. The minimum absolute atomic E-state index is 0.0145. The molecule has 7 aliphatic rings. The summed E-state index contributed by atoms with van der Waals surface area (Å²) in [6.45, 7) is 6.63. The summed E-state index contributed by atoms with van der Waals surface area (Å²) in [4.78, 5) is 2.62. The lowest BCUT2D eigenvalue weighted by Gasteiger charge is -2.73. The van der Waals surface area contributed by atoms with Crippen LogP contribution in [0.1, 0.15) is 56.2 Å². The van der Waals surface area contributed by atoms with E-state index in [2.05, 4.69) is 80.4 Å². The molecular weight excluding hydrogens is 474 g/mol. The summed E-state index contributed by atoms with van der Waals surface area (Å²) in [5.41, 5.74) is 3.23. The molecule has 9 rings (SSSR count). The van der Waals surface area contributed by atoms with E-state index in [-0.39, 0.29) is 28.5 Å². The van der Waals surface area contributed by atoms with Gasteiger partial charge in [0.2, 0.25) is 0 Å². The molecule has 0 aromatic heterocycles. The first-order valence-corrected chi connectivity index (χ1v) is 14.7. The molecule has 5 heteroatoms. The lowest BCUT2D eigenvalue weighted by Crippen LogP contribution is -2.82. The summed E-state index contributed by atoms with van der Waals surface area (Å²) in [5, 5.41) is 0. The van der Waals surface area contributed by atoms with Gasteiger partial charge in [-0.3, -0.25) is 0 Å². The molecule has 0 unspecified atom stereocenters. The highest BCUT2D eigenvalue weighted by Gasteiger charge is 2.81. The molecule has 2 aromatic rings. The van der Waals surface area contributed by atoms with Crippen LogP contribution in [0, 0.1) is 11.3 Å². The van der Waals surface area contributed by atoms with Crippen LogP contribution in [0.4, 0.5) is 0 Å². The number of likely N-dealkylation sites (N-methyl/N-ethyl adjacent to an activating group) is 1. The Morgan fingerprint density at radius 2 is 1.95 bits per heavy atom. The normalized spacial score (nSPS) is 41.4. The maximum atomic E-state index is 7.23. The molecule has 0 amide bonds. The molecule has 2 aromatic carbocycles. The fraction of sp³-hybridized carbons (Fsp3) is 0.576. The average Bonchev–Trinajstić information content (AvgIpc) is 3.30. The van der Waals surface area contributed by atoms with Crippen LogP contribution in [-0.2, 0) is 27.7 Å². The first-order valence-electron chi connectivity index (χ1n) is 14.7. The third-order valence-corrected chi connectivity index (χ3v) is 11.3. The van der Waals surface area contributed by atoms with Crippen LogP contribution in [0.15, 0.2) is 54.6 Å². The molecule has 3 aliphatic heterocycles. The topological polar surface area (TPSA) is 40.2 Å². The number of likely N-dealkylation sites (tertiary alicyclic amines) is 1. The number of piperidine rings is 1. The second kappa shape index (κ2) is 7.87. The second-order valence-corrected chi connectivity index (χ2v) is 12.9. The minimum atomic E-state index is -0.516. The van der Waals surface area contributed by atoms with E-state index in [1.807, 2.05) is 0 Å². The molecule has 4 bridgehead atoms. The summed E-state index contributed by atoms with van der Waals surface area (Å²) in [5.74, 6) is 2.11. The van der Waals surface area contributed by atoms with Gasteiger partial charge >= 0.3 is 0 Å². The van der Waals surface area contributed by atoms with Crippen molar-refractivity contribution in [3.63, 3.8) is 0 Å². The smallest absolute Gasteiger partial charge is 0.166 e. The van der Waals surface area contributed by atoms with Crippen molar-refractivity contribution in [3.05, 3.63) is 71.3 Å². The van der Waals surface area contributed by atoms with Gasteiger partial charge in [0.05, 0.1) is 17.6 Å². The number of unbranched alkanes of at least 4 members (excludes halogenated alkanes) is 1. The molecule has 5 nitrogen and oxygen atoms in total. The van der Waals surface area contributed by atoms with Gasteiger partial charge in [-0.15, -0.1) is 0 Å². The summed E-state index contributed by atoms with van der Waals surface area (Å²) >= 11 is 0. The fourth-order valence-corrected chi connectivity index (χ4v) is 9.63. The van der Waals surface area contributed by atoms with Crippen molar-refractivity contribution in [2.24, 2.45) is 11.3 Å². The van der Waals surface area contributed by atoms with Gasteiger partial charge in [0, 0.05) is 29.4 Å². The van der Waals surface area contributed by atoms with Gasteiger partial charge in [-0.05, 0) is 63.4 Å². The van der Waals surface area contributed by atoms with Crippen LogP contribution >= 0.6 is 0 Å². The van der Waals surface area contributed by atoms with Crippen LogP contribution in [0.25, 0.3) is 0 Å². The Morgan fingerprint density at radius 1 is 1.08 bits per heavy atom. The van der Waals surface area contributed by atoms with Crippen molar-refractivity contribution in [2.75, 3.05) is 27.0 Å². The summed E-state index contributed by atoms with van der Waals surface area (Å²) in [7, 11) is 2.33. The zero-order valence-electron chi connectivity index (χ0n) is 22.9. The van der Waals surface area contributed by atoms with Gasteiger partial charge in [0.1, 0.15) is 18.5 Å². The molecule has 0 radical (unpaired) electrons. The molecule has 0 N–H and O–H groups in total. The highest BCUT2D eigenvalue weighted by atomic mass is 16.7. The van der Waals surface area contributed by atoms with E-state index in [1.54, 1.807) is 0 Å². The summed E-state index contributed by atoms with van der Waals surface area (Å²) in [6, 6.07) is 15.7. The lowest BCUT2D eigenvalue weighted by molar-refractivity contribution is -0.337. The van der Waals surface area contributed by atoms with Gasteiger partial charge in [0.15, 0.2) is 11.5 Å². The molecule has 2 saturated heterocycles. The van der Waals surface area contributed by atoms with Crippen molar-refractivity contribution < 1.29 is 18.9 Å². The van der Waals surface area contributed by atoms with E-state index in [4.69, 9.17) is 18.9 Å². The highest BCUT2D eigenvalue weighted by molar-refractivity contribution is 5.65. The van der Waals surface area contributed by atoms with E-state index >= 15 is 0 Å².